The van der Waals surface area contributed by atoms with Crippen LogP contribution in [0.3, 0.4) is 0 Å². The molecule has 0 spiro atoms. The fourth-order valence-electron chi connectivity index (χ4n) is 3.11. The molecule has 0 aliphatic heterocycles. The van der Waals surface area contributed by atoms with E-state index in [2.05, 4.69) is 24.3 Å². The van der Waals surface area contributed by atoms with E-state index in [-0.39, 0.29) is 0 Å². The summed E-state index contributed by atoms with van der Waals surface area (Å²) in [5.41, 5.74) is 1.15. The first-order valence-electron chi connectivity index (χ1n) is 6.56. The van der Waals surface area contributed by atoms with Gasteiger partial charge in [-0.05, 0) is 24.8 Å². The summed E-state index contributed by atoms with van der Waals surface area (Å²) in [6.07, 6.45) is 5.71. The predicted octanol–water partition coefficient (Wildman–Crippen LogP) is 3.16. The van der Waals surface area contributed by atoms with Crippen LogP contribution < -0.4 is 5.32 Å². The molecule has 2 rings (SSSR count). The molecule has 0 aromatic carbocycles. The lowest BCUT2D eigenvalue weighted by Gasteiger charge is -2.28. The summed E-state index contributed by atoms with van der Waals surface area (Å²) in [5.74, 6) is 1.45. The molecule has 3 unspecified atom stereocenters. The van der Waals surface area contributed by atoms with Gasteiger partial charge in [-0.3, -0.25) is 4.68 Å². The van der Waals surface area contributed by atoms with Gasteiger partial charge in [0.15, 0.2) is 0 Å². The smallest absolute Gasteiger partial charge is 0.0834 e. The Morgan fingerprint density at radius 1 is 1.59 bits per heavy atom. The monoisotopic (exact) mass is 255 g/mol. The first-order chi connectivity index (χ1) is 8.15. The van der Waals surface area contributed by atoms with Crippen molar-refractivity contribution in [3.63, 3.8) is 0 Å². The molecular weight excluding hydrogens is 234 g/mol. The van der Waals surface area contributed by atoms with Crippen molar-refractivity contribution in [3.8, 4) is 0 Å². The molecule has 0 radical (unpaired) electrons. The quantitative estimate of drug-likeness (QED) is 0.896. The van der Waals surface area contributed by atoms with Crippen LogP contribution in [0.2, 0.25) is 5.02 Å². The zero-order chi connectivity index (χ0) is 12.4. The molecule has 0 amide bonds. The second kappa shape index (κ2) is 5.40. The van der Waals surface area contributed by atoms with Gasteiger partial charge < -0.3 is 5.32 Å². The van der Waals surface area contributed by atoms with E-state index in [1.165, 1.54) is 19.3 Å². The fraction of sp³-hybridized carbons (Fsp3) is 0.769. The van der Waals surface area contributed by atoms with Crippen LogP contribution in [0.25, 0.3) is 0 Å². The topological polar surface area (TPSA) is 29.9 Å². The van der Waals surface area contributed by atoms with E-state index in [0.717, 1.165) is 23.2 Å². The van der Waals surface area contributed by atoms with Gasteiger partial charge in [-0.1, -0.05) is 38.3 Å². The average molecular weight is 256 g/mol. The van der Waals surface area contributed by atoms with Crippen molar-refractivity contribution in [1.82, 2.24) is 15.1 Å². The maximum Gasteiger partial charge on any atom is 0.0834 e. The largest absolute Gasteiger partial charge is 0.309 e. The summed E-state index contributed by atoms with van der Waals surface area (Å²) in [4.78, 5) is 0. The van der Waals surface area contributed by atoms with Gasteiger partial charge in [0.25, 0.3) is 0 Å². The minimum Gasteiger partial charge on any atom is -0.309 e. The molecule has 3 nitrogen and oxygen atoms in total. The van der Waals surface area contributed by atoms with Crippen molar-refractivity contribution >= 4 is 11.6 Å². The van der Waals surface area contributed by atoms with Crippen molar-refractivity contribution < 1.29 is 0 Å². The van der Waals surface area contributed by atoms with Crippen molar-refractivity contribution in [2.24, 2.45) is 18.9 Å². The number of hydrogen-bond acceptors (Lipinski definition) is 2. The van der Waals surface area contributed by atoms with Crippen molar-refractivity contribution in [2.75, 3.05) is 6.54 Å². The van der Waals surface area contributed by atoms with Gasteiger partial charge in [0.2, 0.25) is 0 Å². The maximum absolute atomic E-state index is 6.28. The lowest BCUT2D eigenvalue weighted by atomic mass is 9.88. The van der Waals surface area contributed by atoms with Crippen LogP contribution in [-0.4, -0.2) is 16.3 Å². The molecular formula is C13H22ClN3. The summed E-state index contributed by atoms with van der Waals surface area (Å²) < 4.78 is 1.92. The molecule has 0 saturated heterocycles. The van der Waals surface area contributed by atoms with Crippen LogP contribution in [0.15, 0.2) is 6.20 Å². The highest BCUT2D eigenvalue weighted by molar-refractivity contribution is 6.31. The average Bonchev–Trinajstić information content (AvgIpc) is 2.84. The molecule has 4 heteroatoms. The summed E-state index contributed by atoms with van der Waals surface area (Å²) >= 11 is 6.28. The van der Waals surface area contributed by atoms with Crippen LogP contribution >= 0.6 is 11.6 Å². The molecule has 1 heterocycles. The Morgan fingerprint density at radius 3 is 2.82 bits per heavy atom. The first-order valence-corrected chi connectivity index (χ1v) is 6.93. The minimum absolute atomic E-state index is 0.345. The van der Waals surface area contributed by atoms with Crippen molar-refractivity contribution in [1.29, 1.82) is 0 Å². The van der Waals surface area contributed by atoms with Gasteiger partial charge in [-0.2, -0.15) is 5.10 Å². The fourth-order valence-corrected chi connectivity index (χ4v) is 3.39. The predicted molar refractivity (Wildman–Crippen MR) is 71.1 cm³/mol. The molecule has 96 valence electrons. The molecule has 1 aliphatic rings. The Hall–Kier alpha value is -0.540. The van der Waals surface area contributed by atoms with E-state index >= 15 is 0 Å². The summed E-state index contributed by atoms with van der Waals surface area (Å²) in [6, 6.07) is 0.345. The number of aryl methyl sites for hydroxylation is 1. The summed E-state index contributed by atoms with van der Waals surface area (Å²) in [7, 11) is 1.98. The molecule has 1 aliphatic carbocycles. The van der Waals surface area contributed by atoms with Crippen LogP contribution in [0.5, 0.6) is 0 Å². The van der Waals surface area contributed by atoms with Crippen LogP contribution in [-0.2, 0) is 7.05 Å². The van der Waals surface area contributed by atoms with E-state index in [1.54, 1.807) is 6.20 Å². The first kappa shape index (κ1) is 12.9. The van der Waals surface area contributed by atoms with Gasteiger partial charge >= 0.3 is 0 Å². The van der Waals surface area contributed by atoms with Gasteiger partial charge in [0.1, 0.15) is 0 Å². The van der Waals surface area contributed by atoms with Crippen molar-refractivity contribution in [3.05, 3.63) is 16.9 Å². The highest BCUT2D eigenvalue weighted by atomic mass is 35.5. The van der Waals surface area contributed by atoms with E-state index < -0.39 is 0 Å². The molecule has 1 aromatic rings. The molecule has 1 N–H and O–H groups in total. The Kier molecular flexibility index (Phi) is 4.10. The highest BCUT2D eigenvalue weighted by Gasteiger charge is 2.34. The second-order valence-corrected chi connectivity index (χ2v) is 5.52. The lowest BCUT2D eigenvalue weighted by molar-refractivity contribution is 0.294. The number of nitrogens with one attached hydrogen (secondary N) is 1. The van der Waals surface area contributed by atoms with E-state index in [9.17, 15) is 0 Å². The van der Waals surface area contributed by atoms with Crippen LogP contribution in [0.1, 0.15) is 44.8 Å². The van der Waals surface area contributed by atoms with Gasteiger partial charge in [-0.25, -0.2) is 0 Å². The Morgan fingerprint density at radius 2 is 2.35 bits per heavy atom. The highest BCUT2D eigenvalue weighted by Crippen LogP contribution is 2.41. The number of rotatable bonds is 4. The number of halogens is 1. The van der Waals surface area contributed by atoms with Gasteiger partial charge in [-0.15, -0.1) is 0 Å². The summed E-state index contributed by atoms with van der Waals surface area (Å²) in [6.45, 7) is 5.47. The number of hydrogen-bond donors (Lipinski definition) is 1. The molecule has 0 bridgehead atoms. The Labute approximate surface area is 109 Å². The zero-order valence-electron chi connectivity index (χ0n) is 10.9. The van der Waals surface area contributed by atoms with Gasteiger partial charge in [0.05, 0.1) is 23.0 Å². The Bertz CT molecular complexity index is 355. The Balaban J connectivity index is 2.28. The van der Waals surface area contributed by atoms with E-state index in [4.69, 9.17) is 11.6 Å². The normalized spacial score (nSPS) is 26.4. The molecule has 1 aromatic heterocycles. The number of nitrogens with zero attached hydrogens (tertiary/aromatic N) is 2. The SMILES string of the molecule is CCNC(c1c(Cl)cnn1C)C1CCCC1C. The molecule has 3 atom stereocenters. The lowest BCUT2D eigenvalue weighted by Crippen LogP contribution is -2.31. The van der Waals surface area contributed by atoms with E-state index in [0.29, 0.717) is 12.0 Å². The second-order valence-electron chi connectivity index (χ2n) is 5.11. The van der Waals surface area contributed by atoms with Crippen LogP contribution in [0.4, 0.5) is 0 Å². The van der Waals surface area contributed by atoms with Crippen LogP contribution in [0, 0.1) is 11.8 Å². The summed E-state index contributed by atoms with van der Waals surface area (Å²) in [5, 5.41) is 8.64. The third-order valence-electron chi connectivity index (χ3n) is 4.01. The molecule has 1 saturated carbocycles. The third-order valence-corrected chi connectivity index (χ3v) is 4.30. The minimum atomic E-state index is 0.345. The number of aromatic nitrogens is 2. The zero-order valence-corrected chi connectivity index (χ0v) is 11.7. The third kappa shape index (κ3) is 2.50. The standard InChI is InChI=1S/C13H22ClN3/c1-4-15-12(10-7-5-6-9(10)2)13-11(14)8-16-17(13)3/h8-10,12,15H,4-7H2,1-3H3. The maximum atomic E-state index is 6.28. The van der Waals surface area contributed by atoms with Gasteiger partial charge in [0, 0.05) is 7.05 Å². The molecule has 17 heavy (non-hydrogen) atoms. The molecule has 1 fully saturated rings. The van der Waals surface area contributed by atoms with E-state index in [1.807, 2.05) is 11.7 Å². The van der Waals surface area contributed by atoms with Crippen molar-refractivity contribution in [2.45, 2.75) is 39.2 Å².